The number of halogens is 1. The van der Waals surface area contributed by atoms with Crippen molar-refractivity contribution in [3.63, 3.8) is 0 Å². The molecule has 2 N–H and O–H groups in total. The minimum Gasteiger partial charge on any atom is -0.497 e. The Hall–Kier alpha value is -1.02. The van der Waals surface area contributed by atoms with Crippen molar-refractivity contribution in [2.45, 2.75) is 23.8 Å². The molecule has 1 aliphatic heterocycles. The summed E-state index contributed by atoms with van der Waals surface area (Å²) in [7, 11) is -0.670. The summed E-state index contributed by atoms with van der Waals surface area (Å²) in [6.07, 6.45) is 1.57. The van der Waals surface area contributed by atoms with Crippen LogP contribution in [0, 0.1) is 0 Å². The first-order valence-electron chi connectivity index (χ1n) is 6.52. The lowest BCUT2D eigenvalue weighted by molar-refractivity contribution is 0.390. The number of rotatable bonds is 5. The van der Waals surface area contributed by atoms with Crippen molar-refractivity contribution in [3.8, 4) is 11.5 Å². The summed E-state index contributed by atoms with van der Waals surface area (Å²) in [4.78, 5) is 0.109. The van der Waals surface area contributed by atoms with E-state index in [9.17, 15) is 8.42 Å². The quantitative estimate of drug-likeness (QED) is 0.843. The second-order valence-electron chi connectivity index (χ2n) is 4.66. The van der Waals surface area contributed by atoms with Gasteiger partial charge in [0, 0.05) is 12.1 Å². The largest absolute Gasteiger partial charge is 0.497 e. The Morgan fingerprint density at radius 1 is 1.19 bits per heavy atom. The molecule has 0 atom stereocenters. The van der Waals surface area contributed by atoms with Gasteiger partial charge in [0.05, 0.1) is 14.2 Å². The maximum atomic E-state index is 12.5. The molecular formula is C13H21ClN2O4S. The van der Waals surface area contributed by atoms with E-state index in [1.807, 2.05) is 0 Å². The molecule has 8 heteroatoms. The van der Waals surface area contributed by atoms with E-state index in [0.29, 0.717) is 11.5 Å². The predicted octanol–water partition coefficient (Wildman–Crippen LogP) is 1.16. The van der Waals surface area contributed by atoms with E-state index in [4.69, 9.17) is 9.47 Å². The average Bonchev–Trinajstić information content (AvgIpc) is 2.47. The van der Waals surface area contributed by atoms with Gasteiger partial charge < -0.3 is 14.8 Å². The van der Waals surface area contributed by atoms with Crippen molar-refractivity contribution in [1.29, 1.82) is 0 Å². The number of hydrogen-bond acceptors (Lipinski definition) is 5. The van der Waals surface area contributed by atoms with E-state index in [0.717, 1.165) is 25.9 Å². The van der Waals surface area contributed by atoms with Crippen molar-refractivity contribution >= 4 is 22.4 Å². The molecule has 1 fully saturated rings. The third kappa shape index (κ3) is 4.47. The molecule has 0 radical (unpaired) electrons. The number of methoxy groups -OCH3 is 2. The molecule has 0 spiro atoms. The monoisotopic (exact) mass is 336 g/mol. The third-order valence-electron chi connectivity index (χ3n) is 3.32. The van der Waals surface area contributed by atoms with Crippen molar-refractivity contribution in [3.05, 3.63) is 18.2 Å². The SMILES string of the molecule is COc1ccc(OC)c(S(=O)(=O)NC2CCNCC2)c1.Cl. The first kappa shape index (κ1) is 18.0. The molecule has 1 aromatic rings. The van der Waals surface area contributed by atoms with Crippen molar-refractivity contribution in [2.75, 3.05) is 27.3 Å². The Bertz CT molecular complexity index is 559. The number of hydrogen-bond donors (Lipinski definition) is 2. The number of piperidine rings is 1. The van der Waals surface area contributed by atoms with E-state index in [1.165, 1.54) is 20.3 Å². The lowest BCUT2D eigenvalue weighted by Gasteiger charge is -2.24. The number of nitrogens with one attached hydrogen (secondary N) is 2. The molecule has 0 saturated carbocycles. The standard InChI is InChI=1S/C13H20N2O4S.ClH/c1-18-11-3-4-12(19-2)13(9-11)20(16,17)15-10-5-7-14-8-6-10;/h3-4,9-10,14-15H,5-8H2,1-2H3;1H. The van der Waals surface area contributed by atoms with Crippen LogP contribution in [0.5, 0.6) is 11.5 Å². The summed E-state index contributed by atoms with van der Waals surface area (Å²) in [6, 6.07) is 4.69. The predicted molar refractivity (Wildman–Crippen MR) is 83.0 cm³/mol. The number of benzene rings is 1. The Morgan fingerprint density at radius 2 is 1.86 bits per heavy atom. The van der Waals surface area contributed by atoms with Gasteiger partial charge >= 0.3 is 0 Å². The molecule has 6 nitrogen and oxygen atoms in total. The van der Waals surface area contributed by atoms with Gasteiger partial charge in [-0.2, -0.15) is 0 Å². The number of sulfonamides is 1. The molecule has 0 aliphatic carbocycles. The minimum atomic E-state index is -3.62. The Morgan fingerprint density at radius 3 is 2.43 bits per heavy atom. The van der Waals surface area contributed by atoms with E-state index in [2.05, 4.69) is 10.0 Å². The molecule has 0 amide bonds. The van der Waals surface area contributed by atoms with Crippen LogP contribution in [0.2, 0.25) is 0 Å². The van der Waals surface area contributed by atoms with Crippen LogP contribution in [0.15, 0.2) is 23.1 Å². The van der Waals surface area contributed by atoms with Crippen molar-refractivity contribution in [1.82, 2.24) is 10.0 Å². The van der Waals surface area contributed by atoms with Crippen LogP contribution in [-0.2, 0) is 10.0 Å². The van der Waals surface area contributed by atoms with Crippen LogP contribution in [0.1, 0.15) is 12.8 Å². The first-order chi connectivity index (χ1) is 9.56. The van der Waals surface area contributed by atoms with Crippen LogP contribution in [0.4, 0.5) is 0 Å². The van der Waals surface area contributed by atoms with E-state index < -0.39 is 10.0 Å². The van der Waals surface area contributed by atoms with Gasteiger partial charge in [0.2, 0.25) is 10.0 Å². The smallest absolute Gasteiger partial charge is 0.244 e. The fourth-order valence-corrected chi connectivity index (χ4v) is 3.71. The molecule has 1 saturated heterocycles. The van der Waals surface area contributed by atoms with Gasteiger partial charge in [-0.1, -0.05) is 0 Å². The van der Waals surface area contributed by atoms with Gasteiger partial charge in [-0.15, -0.1) is 12.4 Å². The zero-order valence-electron chi connectivity index (χ0n) is 12.1. The topological polar surface area (TPSA) is 76.7 Å². The lowest BCUT2D eigenvalue weighted by atomic mass is 10.1. The van der Waals surface area contributed by atoms with Crippen LogP contribution in [0.3, 0.4) is 0 Å². The Kier molecular flexibility index (Phi) is 6.73. The lowest BCUT2D eigenvalue weighted by Crippen LogP contribution is -2.42. The highest BCUT2D eigenvalue weighted by molar-refractivity contribution is 7.89. The van der Waals surface area contributed by atoms with E-state index in [-0.39, 0.29) is 23.3 Å². The van der Waals surface area contributed by atoms with Crippen molar-refractivity contribution < 1.29 is 17.9 Å². The Labute approximate surface area is 131 Å². The first-order valence-corrected chi connectivity index (χ1v) is 8.00. The normalized spacial score (nSPS) is 16.1. The van der Waals surface area contributed by atoms with Crippen molar-refractivity contribution in [2.24, 2.45) is 0 Å². The van der Waals surface area contributed by atoms with Crippen LogP contribution in [0.25, 0.3) is 0 Å². The highest BCUT2D eigenvalue weighted by atomic mass is 35.5. The van der Waals surface area contributed by atoms with Crippen LogP contribution < -0.4 is 19.5 Å². The second-order valence-corrected chi connectivity index (χ2v) is 6.34. The zero-order chi connectivity index (χ0) is 14.6. The summed E-state index contributed by atoms with van der Waals surface area (Å²) >= 11 is 0. The maximum absolute atomic E-state index is 12.5. The van der Waals surface area contributed by atoms with Gasteiger partial charge in [-0.25, -0.2) is 13.1 Å². The molecule has 21 heavy (non-hydrogen) atoms. The summed E-state index contributed by atoms with van der Waals surface area (Å²) < 4.78 is 37.9. The molecule has 0 bridgehead atoms. The van der Waals surface area contributed by atoms with Gasteiger partial charge in [-0.3, -0.25) is 0 Å². The average molecular weight is 337 g/mol. The highest BCUT2D eigenvalue weighted by Crippen LogP contribution is 2.28. The maximum Gasteiger partial charge on any atom is 0.244 e. The molecule has 120 valence electrons. The molecule has 1 aliphatic rings. The fourth-order valence-electron chi connectivity index (χ4n) is 2.22. The molecule has 1 aromatic carbocycles. The third-order valence-corrected chi connectivity index (χ3v) is 4.86. The summed E-state index contributed by atoms with van der Waals surface area (Å²) in [5, 5.41) is 3.20. The fraction of sp³-hybridized carbons (Fsp3) is 0.538. The van der Waals surface area contributed by atoms with Crippen LogP contribution in [-0.4, -0.2) is 41.8 Å². The van der Waals surface area contributed by atoms with Gasteiger partial charge in [-0.05, 0) is 38.1 Å². The van der Waals surface area contributed by atoms with Gasteiger partial charge in [0.1, 0.15) is 16.4 Å². The van der Waals surface area contributed by atoms with Gasteiger partial charge in [0.25, 0.3) is 0 Å². The molecule has 0 unspecified atom stereocenters. The van der Waals surface area contributed by atoms with Gasteiger partial charge in [0.15, 0.2) is 0 Å². The highest BCUT2D eigenvalue weighted by Gasteiger charge is 2.25. The van der Waals surface area contributed by atoms with E-state index >= 15 is 0 Å². The minimum absolute atomic E-state index is 0. The zero-order valence-corrected chi connectivity index (χ0v) is 13.7. The molecule has 2 rings (SSSR count). The second kappa shape index (κ2) is 7.84. The summed E-state index contributed by atoms with van der Waals surface area (Å²) in [5.74, 6) is 0.795. The van der Waals surface area contributed by atoms with E-state index in [1.54, 1.807) is 12.1 Å². The summed E-state index contributed by atoms with van der Waals surface area (Å²) in [5.41, 5.74) is 0. The molecule has 1 heterocycles. The van der Waals surface area contributed by atoms with Crippen LogP contribution >= 0.6 is 12.4 Å². The number of ether oxygens (including phenoxy) is 2. The molecular weight excluding hydrogens is 316 g/mol. The molecule has 0 aromatic heterocycles. The Balaban J connectivity index is 0.00000220. The summed E-state index contributed by atoms with van der Waals surface area (Å²) in [6.45, 7) is 1.64.